The average molecular weight is 805 g/mol. The summed E-state index contributed by atoms with van der Waals surface area (Å²) < 4.78 is 2.04. The van der Waals surface area contributed by atoms with Crippen molar-refractivity contribution in [3.8, 4) is 16.9 Å². The number of piperazine rings is 1. The van der Waals surface area contributed by atoms with Gasteiger partial charge < -0.3 is 30.1 Å². The molecule has 2 saturated heterocycles. The molecule has 2 aliphatic rings. The number of nitrogens with zero attached hydrogens (tertiary/aromatic N) is 7. The summed E-state index contributed by atoms with van der Waals surface area (Å²) in [5.41, 5.74) is 5.96. The number of benzene rings is 4. The highest BCUT2D eigenvalue weighted by molar-refractivity contribution is 6.00. The molecule has 2 aliphatic heterocycles. The minimum Gasteiger partial charge on any atom is -0.508 e. The fraction of sp³-hybridized carbons (Fsp3) is 0.200. The molecule has 60 heavy (non-hydrogen) atoms. The van der Waals surface area contributed by atoms with Crippen LogP contribution in [0, 0.1) is 0 Å². The average Bonchev–Trinajstić information content (AvgIpc) is 3.60. The van der Waals surface area contributed by atoms with E-state index < -0.39 is 24.3 Å². The molecule has 6 aromatic rings. The summed E-state index contributed by atoms with van der Waals surface area (Å²) in [6.45, 7) is 4.56. The van der Waals surface area contributed by atoms with E-state index in [2.05, 4.69) is 32.5 Å². The van der Waals surface area contributed by atoms with Crippen molar-refractivity contribution in [3.63, 3.8) is 0 Å². The molecule has 0 spiro atoms. The molecule has 0 bridgehead atoms. The number of para-hydroxylation sites is 1. The van der Waals surface area contributed by atoms with Gasteiger partial charge in [-0.3, -0.25) is 14.9 Å². The van der Waals surface area contributed by atoms with Crippen LogP contribution >= 0.6 is 0 Å². The van der Waals surface area contributed by atoms with E-state index >= 15 is 0 Å². The van der Waals surface area contributed by atoms with Gasteiger partial charge in [0.25, 0.3) is 0 Å². The Hall–Kier alpha value is -7.52. The van der Waals surface area contributed by atoms with Crippen molar-refractivity contribution >= 4 is 46.4 Å². The van der Waals surface area contributed by atoms with E-state index in [0.717, 1.165) is 38.7 Å². The largest absolute Gasteiger partial charge is 0.508 e. The maximum atomic E-state index is 14.7. The lowest BCUT2D eigenvalue weighted by Crippen LogP contribution is -2.76. The van der Waals surface area contributed by atoms with Gasteiger partial charge >= 0.3 is 12.1 Å². The highest BCUT2D eigenvalue weighted by atomic mass is 16.3. The second kappa shape index (κ2) is 17.1. The molecule has 15 heteroatoms. The lowest BCUT2D eigenvalue weighted by molar-refractivity contribution is -0.189. The Balaban J connectivity index is 1.09. The third-order valence-electron chi connectivity index (χ3n) is 10.7. The van der Waals surface area contributed by atoms with Gasteiger partial charge in [0.15, 0.2) is 0 Å². The van der Waals surface area contributed by atoms with Crippen molar-refractivity contribution in [3.05, 3.63) is 151 Å². The van der Waals surface area contributed by atoms with Crippen LogP contribution < -0.4 is 16.0 Å². The summed E-state index contributed by atoms with van der Waals surface area (Å²) in [5.74, 6) is -0.231. The monoisotopic (exact) mass is 804 g/mol. The minimum atomic E-state index is -0.923. The van der Waals surface area contributed by atoms with Gasteiger partial charge in [0.2, 0.25) is 17.8 Å². The third kappa shape index (κ3) is 8.24. The van der Waals surface area contributed by atoms with E-state index in [0.29, 0.717) is 5.69 Å². The predicted octanol–water partition coefficient (Wildman–Crippen LogP) is 5.72. The quantitative estimate of drug-likeness (QED) is 0.121. The molecule has 0 aliphatic carbocycles. The van der Waals surface area contributed by atoms with Gasteiger partial charge in [-0.1, -0.05) is 78.9 Å². The van der Waals surface area contributed by atoms with Gasteiger partial charge in [-0.2, -0.15) is 0 Å². The summed E-state index contributed by atoms with van der Waals surface area (Å²) in [6, 6.07) is 29.5. The highest BCUT2D eigenvalue weighted by Crippen LogP contribution is 2.35. The molecule has 0 radical (unpaired) electrons. The molecular weight excluding hydrogens is 761 g/mol. The van der Waals surface area contributed by atoms with Gasteiger partial charge in [0.05, 0.1) is 18.6 Å². The fourth-order valence-electron chi connectivity index (χ4n) is 8.03. The summed E-state index contributed by atoms with van der Waals surface area (Å²) in [5, 5.41) is 22.7. The van der Waals surface area contributed by atoms with E-state index in [1.54, 1.807) is 68.6 Å². The lowest BCUT2D eigenvalue weighted by atomic mass is 9.97. The fourth-order valence-corrected chi connectivity index (χ4v) is 8.03. The number of nitrogens with one attached hydrogen (secondary N) is 3. The number of aromatic hydroxyl groups is 1. The Bertz CT molecular complexity index is 2530. The SMILES string of the molecule is C=CCN1CC(=O)N2[C@@H](Cc3ccc(O)cc3)C(=O)N(Cc3cccc4c(-c5ccc(NC(=O)Nc6ncccn6)cc5)cn(C)c34)C[C@@H]2N1C(=O)NCc1ccccc1. The molecule has 6 amide bonds. The molecule has 4 N–H and O–H groups in total. The number of rotatable bonds is 11. The van der Waals surface area contributed by atoms with Crippen LogP contribution in [0.5, 0.6) is 5.75 Å². The van der Waals surface area contributed by atoms with Crippen LogP contribution in [0.4, 0.5) is 21.2 Å². The van der Waals surface area contributed by atoms with Crippen LogP contribution in [-0.4, -0.2) is 95.2 Å². The van der Waals surface area contributed by atoms with Crippen molar-refractivity contribution in [1.29, 1.82) is 0 Å². The Morgan fingerprint density at radius 3 is 2.37 bits per heavy atom. The zero-order valence-electron chi connectivity index (χ0n) is 32.9. The van der Waals surface area contributed by atoms with Crippen molar-refractivity contribution in [2.75, 3.05) is 30.3 Å². The van der Waals surface area contributed by atoms with Gasteiger partial charge in [-0.15, -0.1) is 6.58 Å². The summed E-state index contributed by atoms with van der Waals surface area (Å²) >= 11 is 0. The predicted molar refractivity (Wildman–Crippen MR) is 227 cm³/mol. The number of aryl methyl sites for hydroxylation is 1. The topological polar surface area (TPSA) is 168 Å². The summed E-state index contributed by atoms with van der Waals surface area (Å²) in [6.07, 6.45) is 6.13. The first-order chi connectivity index (χ1) is 29.2. The number of carbonyl (C=O) groups excluding carboxylic acids is 4. The van der Waals surface area contributed by atoms with Gasteiger partial charge in [-0.25, -0.2) is 29.6 Å². The van der Waals surface area contributed by atoms with E-state index in [1.165, 1.54) is 0 Å². The Labute approximate surface area is 346 Å². The zero-order chi connectivity index (χ0) is 41.8. The van der Waals surface area contributed by atoms with Crippen LogP contribution in [0.1, 0.15) is 16.7 Å². The number of phenolic OH excluding ortho intramolecular Hbond substituents is 1. The van der Waals surface area contributed by atoms with Crippen LogP contribution in [0.2, 0.25) is 0 Å². The number of urea groups is 2. The number of hydrogen-bond donors (Lipinski definition) is 4. The lowest BCUT2D eigenvalue weighted by Gasteiger charge is -2.55. The molecule has 2 aromatic heterocycles. The van der Waals surface area contributed by atoms with Gasteiger partial charge in [0, 0.05) is 68.3 Å². The number of aromatic nitrogens is 3. The zero-order valence-corrected chi connectivity index (χ0v) is 32.9. The van der Waals surface area contributed by atoms with E-state index in [4.69, 9.17) is 0 Å². The molecule has 15 nitrogen and oxygen atoms in total. The number of phenols is 1. The van der Waals surface area contributed by atoms with E-state index in [9.17, 15) is 24.3 Å². The van der Waals surface area contributed by atoms with Crippen LogP contribution in [-0.2, 0) is 36.1 Å². The highest BCUT2D eigenvalue weighted by Gasteiger charge is 2.51. The molecule has 2 fully saturated rings. The molecule has 0 saturated carbocycles. The second-order valence-corrected chi connectivity index (χ2v) is 14.7. The number of anilines is 2. The Morgan fingerprint density at radius 2 is 1.63 bits per heavy atom. The minimum absolute atomic E-state index is 0.0646. The Morgan fingerprint density at radius 1 is 0.883 bits per heavy atom. The van der Waals surface area contributed by atoms with Crippen LogP contribution in [0.15, 0.2) is 134 Å². The number of hydrogen-bond acceptors (Lipinski definition) is 8. The number of amides is 6. The second-order valence-electron chi connectivity index (χ2n) is 14.7. The number of hydrazine groups is 1. The van der Waals surface area contributed by atoms with E-state index in [-0.39, 0.29) is 62.7 Å². The smallest absolute Gasteiger partial charge is 0.334 e. The van der Waals surface area contributed by atoms with E-state index in [1.807, 2.05) is 90.6 Å². The first-order valence-corrected chi connectivity index (χ1v) is 19.5. The summed E-state index contributed by atoms with van der Waals surface area (Å²) in [4.78, 5) is 66.9. The Kier molecular flexibility index (Phi) is 11.2. The van der Waals surface area contributed by atoms with Gasteiger partial charge in [0.1, 0.15) is 18.0 Å². The molecule has 4 aromatic carbocycles. The first-order valence-electron chi connectivity index (χ1n) is 19.5. The van der Waals surface area contributed by atoms with Crippen LogP contribution in [0.3, 0.4) is 0 Å². The number of fused-ring (bicyclic) bond motifs is 2. The molecule has 0 unspecified atom stereocenters. The molecule has 4 heterocycles. The normalized spacial score (nSPS) is 16.7. The van der Waals surface area contributed by atoms with Crippen molar-refractivity contribution in [2.24, 2.45) is 7.05 Å². The van der Waals surface area contributed by atoms with Crippen molar-refractivity contribution < 1.29 is 24.3 Å². The van der Waals surface area contributed by atoms with Crippen molar-refractivity contribution in [1.82, 2.24) is 39.7 Å². The summed E-state index contributed by atoms with van der Waals surface area (Å²) in [7, 11) is 1.96. The number of carbonyl (C=O) groups is 4. The standard InChI is InChI=1S/C45H44N10O5/c1-3-23-53-29-40(57)54-38(24-30-13-19-35(56)20-14-30)42(58)52(28-39(54)55(53)45(60)48-25-31-9-5-4-6-10-31)26-33-11-7-12-36-37(27-51(2)41(33)36)32-15-17-34(18-16-32)49-44(59)50-43-46-21-8-22-47-43/h3-22,27,38-39,56H,1,23-26,28-29H2,2H3,(H,48,60)(H2,46,47,49,50,59)/t38-,39-/m0/s1. The molecule has 8 rings (SSSR count). The van der Waals surface area contributed by atoms with Crippen molar-refractivity contribution in [2.45, 2.75) is 31.7 Å². The molecule has 304 valence electrons. The third-order valence-corrected chi connectivity index (χ3v) is 10.7. The maximum absolute atomic E-state index is 14.7. The maximum Gasteiger partial charge on any atom is 0.334 e. The van der Waals surface area contributed by atoms with Crippen LogP contribution in [0.25, 0.3) is 22.0 Å². The first kappa shape index (κ1) is 39.3. The molecular formula is C45H44N10O5. The molecule has 2 atom stereocenters. The van der Waals surface area contributed by atoms with Gasteiger partial charge in [-0.05, 0) is 52.6 Å².